The molecule has 3 aromatic heterocycles. The number of pyridine rings is 1. The van der Waals surface area contributed by atoms with Gasteiger partial charge in [0.25, 0.3) is 5.91 Å². The fraction of sp³-hybridized carbons (Fsp3) is 0.190. The number of aryl methyl sites for hydroxylation is 1. The Hall–Kier alpha value is -4.42. The molecule has 0 radical (unpaired) electrons. The molecule has 0 bridgehead atoms. The number of aromatic nitrogens is 4. The maximum Gasteiger partial charge on any atom is 0.416 e. The summed E-state index contributed by atoms with van der Waals surface area (Å²) >= 11 is 0. The normalized spacial score (nSPS) is 11.4. The van der Waals surface area contributed by atoms with Crippen molar-refractivity contribution in [2.24, 2.45) is 0 Å². The lowest BCUT2D eigenvalue weighted by Crippen LogP contribution is -2.22. The fourth-order valence-corrected chi connectivity index (χ4v) is 3.07. The van der Waals surface area contributed by atoms with Crippen LogP contribution >= 0.6 is 0 Å². The molecule has 10 nitrogen and oxygen atoms in total. The van der Waals surface area contributed by atoms with Gasteiger partial charge in [0.2, 0.25) is 11.7 Å². The van der Waals surface area contributed by atoms with Crippen molar-refractivity contribution in [1.82, 2.24) is 24.8 Å². The van der Waals surface area contributed by atoms with Gasteiger partial charge in [-0.1, -0.05) is 17.3 Å². The molecule has 0 unspecified atom stereocenters. The number of rotatable bonds is 5. The number of anilines is 1. The van der Waals surface area contributed by atoms with E-state index in [1.54, 1.807) is 25.1 Å². The lowest BCUT2D eigenvalue weighted by Gasteiger charge is -2.10. The molecule has 0 saturated carbocycles. The maximum absolute atomic E-state index is 12.9. The topological polar surface area (TPSA) is 124 Å². The van der Waals surface area contributed by atoms with Gasteiger partial charge in [0.05, 0.1) is 18.9 Å². The highest BCUT2D eigenvalue weighted by molar-refractivity contribution is 6.04. The zero-order valence-corrected chi connectivity index (χ0v) is 17.8. The molecule has 0 fully saturated rings. The third-order valence-electron chi connectivity index (χ3n) is 4.85. The summed E-state index contributed by atoms with van der Waals surface area (Å²) < 4.78 is 49.6. The average molecular weight is 474 g/mol. The Bertz CT molecular complexity index is 1380. The van der Waals surface area contributed by atoms with Crippen LogP contribution in [0.5, 0.6) is 0 Å². The first-order valence-corrected chi connectivity index (χ1v) is 9.77. The number of hydrogen-bond acceptors (Lipinski definition) is 7. The number of amides is 2. The number of ether oxygens (including phenoxy) is 1. The molecule has 0 aliphatic rings. The number of carbonyl (C=O) groups excluding carboxylic acids is 2. The van der Waals surface area contributed by atoms with E-state index < -0.39 is 23.7 Å². The van der Waals surface area contributed by atoms with Gasteiger partial charge in [0.1, 0.15) is 17.9 Å². The zero-order chi connectivity index (χ0) is 24.5. The Morgan fingerprint density at radius 1 is 1.21 bits per heavy atom. The molecule has 176 valence electrons. The highest BCUT2D eigenvalue weighted by atomic mass is 19.4. The largest absolute Gasteiger partial charge is 0.453 e. The number of nitrogens with zero attached hydrogens (tertiary/aromatic N) is 4. The van der Waals surface area contributed by atoms with Crippen molar-refractivity contribution in [1.29, 1.82) is 0 Å². The Kier molecular flexibility index (Phi) is 5.92. The van der Waals surface area contributed by atoms with E-state index in [1.807, 2.05) is 0 Å². The van der Waals surface area contributed by atoms with E-state index in [-0.39, 0.29) is 29.6 Å². The van der Waals surface area contributed by atoms with E-state index in [2.05, 4.69) is 30.5 Å². The van der Waals surface area contributed by atoms with Crippen LogP contribution in [-0.4, -0.2) is 38.6 Å². The van der Waals surface area contributed by atoms with E-state index in [9.17, 15) is 22.8 Å². The van der Waals surface area contributed by atoms with Gasteiger partial charge in [0, 0.05) is 17.4 Å². The van der Waals surface area contributed by atoms with Gasteiger partial charge in [-0.3, -0.25) is 9.20 Å². The standard InChI is InChI=1S/C21H17F3N6O4/c1-11-3-4-12(18-28-17(34-29-18)10-26-20(32)33-2)7-14(11)27-19(31)15-9-25-16-8-13(21(22,23)24)5-6-30(15)16/h3-9H,10H2,1-2H3,(H,26,32)(H,27,31). The van der Waals surface area contributed by atoms with Crippen LogP contribution in [0.4, 0.5) is 23.7 Å². The molecule has 0 aliphatic heterocycles. The fourth-order valence-electron chi connectivity index (χ4n) is 3.07. The summed E-state index contributed by atoms with van der Waals surface area (Å²) in [6.07, 6.45) is -2.82. The Labute approximate surface area is 189 Å². The summed E-state index contributed by atoms with van der Waals surface area (Å²) in [5, 5.41) is 9.01. The summed E-state index contributed by atoms with van der Waals surface area (Å²) in [5.74, 6) is -0.189. The van der Waals surface area contributed by atoms with E-state index in [0.29, 0.717) is 11.3 Å². The summed E-state index contributed by atoms with van der Waals surface area (Å²) in [7, 11) is 1.23. The van der Waals surface area contributed by atoms with Crippen LogP contribution in [0, 0.1) is 6.92 Å². The number of carbonyl (C=O) groups is 2. The lowest BCUT2D eigenvalue weighted by molar-refractivity contribution is -0.137. The van der Waals surface area contributed by atoms with Crippen molar-refractivity contribution in [3.63, 3.8) is 0 Å². The molecule has 0 spiro atoms. The van der Waals surface area contributed by atoms with Crippen LogP contribution in [0.3, 0.4) is 0 Å². The first-order chi connectivity index (χ1) is 16.2. The van der Waals surface area contributed by atoms with Crippen LogP contribution in [0.25, 0.3) is 17.0 Å². The third-order valence-corrected chi connectivity index (χ3v) is 4.85. The lowest BCUT2D eigenvalue weighted by atomic mass is 10.1. The molecule has 1 aromatic carbocycles. The number of alkyl halides is 3. The number of alkyl carbamates (subject to hydrolysis) is 1. The molecular formula is C21H17F3N6O4. The number of methoxy groups -OCH3 is 1. The van der Waals surface area contributed by atoms with Crippen LogP contribution in [0.1, 0.15) is 27.5 Å². The molecule has 13 heteroatoms. The highest BCUT2D eigenvalue weighted by Crippen LogP contribution is 2.30. The number of halogens is 3. The molecule has 0 aliphatic carbocycles. The van der Waals surface area contributed by atoms with Gasteiger partial charge in [-0.2, -0.15) is 18.2 Å². The van der Waals surface area contributed by atoms with Crippen molar-refractivity contribution in [3.8, 4) is 11.4 Å². The molecule has 2 amide bonds. The minimum atomic E-state index is -4.52. The first-order valence-electron chi connectivity index (χ1n) is 9.77. The number of hydrogen-bond donors (Lipinski definition) is 2. The number of nitrogens with one attached hydrogen (secondary N) is 2. The molecule has 4 rings (SSSR count). The van der Waals surface area contributed by atoms with E-state index in [4.69, 9.17) is 4.52 Å². The Balaban J connectivity index is 1.55. The quantitative estimate of drug-likeness (QED) is 0.451. The second kappa shape index (κ2) is 8.84. The van der Waals surface area contributed by atoms with E-state index in [1.165, 1.54) is 17.7 Å². The van der Waals surface area contributed by atoms with Crippen molar-refractivity contribution in [3.05, 3.63) is 65.4 Å². The average Bonchev–Trinajstić information content (AvgIpc) is 3.45. The number of fused-ring (bicyclic) bond motifs is 1. The molecule has 0 saturated heterocycles. The minimum Gasteiger partial charge on any atom is -0.453 e. The van der Waals surface area contributed by atoms with Gasteiger partial charge in [-0.15, -0.1) is 0 Å². The van der Waals surface area contributed by atoms with Crippen LogP contribution in [-0.2, 0) is 17.5 Å². The van der Waals surface area contributed by atoms with E-state index >= 15 is 0 Å². The van der Waals surface area contributed by atoms with Crippen molar-refractivity contribution < 1.29 is 32.0 Å². The van der Waals surface area contributed by atoms with Crippen LogP contribution < -0.4 is 10.6 Å². The van der Waals surface area contributed by atoms with Gasteiger partial charge in [-0.25, -0.2) is 9.78 Å². The molecule has 3 heterocycles. The predicted molar refractivity (Wildman–Crippen MR) is 112 cm³/mol. The van der Waals surface area contributed by atoms with Crippen molar-refractivity contribution in [2.45, 2.75) is 19.6 Å². The summed E-state index contributed by atoms with van der Waals surface area (Å²) in [6.45, 7) is 1.74. The summed E-state index contributed by atoms with van der Waals surface area (Å²) in [6, 6.07) is 6.82. The van der Waals surface area contributed by atoms with Crippen LogP contribution in [0.15, 0.2) is 47.2 Å². The van der Waals surface area contributed by atoms with Gasteiger partial charge < -0.3 is 19.9 Å². The SMILES string of the molecule is COC(=O)NCc1nc(-c2ccc(C)c(NC(=O)c3cnc4cc(C(F)(F)F)ccn34)c2)no1. The van der Waals surface area contributed by atoms with Gasteiger partial charge in [-0.05, 0) is 30.7 Å². The smallest absolute Gasteiger partial charge is 0.416 e. The third kappa shape index (κ3) is 4.67. The highest BCUT2D eigenvalue weighted by Gasteiger charge is 2.31. The molecular weight excluding hydrogens is 457 g/mol. The monoisotopic (exact) mass is 474 g/mol. The predicted octanol–water partition coefficient (Wildman–Crippen LogP) is 3.82. The molecule has 2 N–H and O–H groups in total. The minimum absolute atomic E-state index is 0.00895. The molecule has 4 aromatic rings. The van der Waals surface area contributed by atoms with Crippen molar-refractivity contribution >= 4 is 23.3 Å². The van der Waals surface area contributed by atoms with E-state index in [0.717, 1.165) is 23.9 Å². The second-order valence-corrected chi connectivity index (χ2v) is 7.13. The van der Waals surface area contributed by atoms with Crippen molar-refractivity contribution in [2.75, 3.05) is 12.4 Å². The summed E-state index contributed by atoms with van der Waals surface area (Å²) in [4.78, 5) is 32.1. The first kappa shape index (κ1) is 22.8. The molecule has 34 heavy (non-hydrogen) atoms. The number of benzene rings is 1. The second-order valence-electron chi connectivity index (χ2n) is 7.13. The van der Waals surface area contributed by atoms with Crippen LogP contribution in [0.2, 0.25) is 0 Å². The van der Waals surface area contributed by atoms with Gasteiger partial charge >= 0.3 is 12.3 Å². The van der Waals surface area contributed by atoms with Gasteiger partial charge in [0.15, 0.2) is 0 Å². The maximum atomic E-state index is 12.9. The molecule has 0 atom stereocenters. The zero-order valence-electron chi connectivity index (χ0n) is 17.8. The number of imidazole rings is 1. The Morgan fingerprint density at radius 2 is 2.00 bits per heavy atom. The summed E-state index contributed by atoms with van der Waals surface area (Å²) in [5.41, 5.74) is 0.878. The Morgan fingerprint density at radius 3 is 2.74 bits per heavy atom.